The van der Waals surface area contributed by atoms with E-state index in [0.717, 1.165) is 4.48 Å². The fraction of sp³-hybridized carbons (Fsp3) is 1.00. The van der Waals surface area contributed by atoms with Crippen LogP contribution >= 0.6 is 0 Å². The second-order valence-corrected chi connectivity index (χ2v) is 7.55. The molecule has 104 valence electrons. The number of unbranched alkanes of at least 4 members (excludes halogenated alkanes) is 9. The molecular formula is C15H36NSi+. The normalized spacial score (nSPS) is 12.2. The van der Waals surface area contributed by atoms with Crippen molar-refractivity contribution < 1.29 is 4.48 Å². The minimum Gasteiger partial charge on any atom is -0.331 e. The van der Waals surface area contributed by atoms with Gasteiger partial charge in [-0.25, -0.2) is 0 Å². The summed E-state index contributed by atoms with van der Waals surface area (Å²) in [5, 5.41) is 0. The molecule has 0 N–H and O–H groups in total. The predicted octanol–water partition coefficient (Wildman–Crippen LogP) is 3.38. The molecule has 0 aromatic rings. The Labute approximate surface area is 113 Å². The molecule has 0 rings (SSSR count). The van der Waals surface area contributed by atoms with Crippen molar-refractivity contribution in [3.63, 3.8) is 0 Å². The van der Waals surface area contributed by atoms with Gasteiger partial charge in [0.25, 0.3) is 0 Å². The van der Waals surface area contributed by atoms with Crippen molar-refractivity contribution in [2.24, 2.45) is 0 Å². The number of quaternary nitrogens is 1. The standard InChI is InChI=1S/C15H36NSi/c1-16(2,3)14-12-10-8-6-4-5-7-9-11-13-15-17/h4-15H2,1-3,17H3/q+1. The van der Waals surface area contributed by atoms with Gasteiger partial charge in [0.15, 0.2) is 0 Å². The SMILES string of the molecule is C[N+](C)(C)CCCCCCCCCCCC[SiH3]. The summed E-state index contributed by atoms with van der Waals surface area (Å²) in [6.07, 6.45) is 14.7. The summed E-state index contributed by atoms with van der Waals surface area (Å²) in [6, 6.07) is 1.51. The molecular weight excluding hydrogens is 222 g/mol. The van der Waals surface area contributed by atoms with Crippen LogP contribution in [0.1, 0.15) is 64.2 Å². The fourth-order valence-electron chi connectivity index (χ4n) is 2.25. The van der Waals surface area contributed by atoms with Crippen LogP contribution in [-0.2, 0) is 0 Å². The molecule has 0 atom stereocenters. The van der Waals surface area contributed by atoms with E-state index in [4.69, 9.17) is 0 Å². The maximum Gasteiger partial charge on any atom is 0.0780 e. The van der Waals surface area contributed by atoms with Crippen LogP contribution in [0.3, 0.4) is 0 Å². The van der Waals surface area contributed by atoms with Gasteiger partial charge in [0.05, 0.1) is 27.7 Å². The van der Waals surface area contributed by atoms with Crippen LogP contribution in [0, 0.1) is 0 Å². The lowest BCUT2D eigenvalue weighted by Gasteiger charge is -2.23. The minimum absolute atomic E-state index is 1.13. The second-order valence-electron chi connectivity index (χ2n) is 6.55. The third-order valence-electron chi connectivity index (χ3n) is 3.43. The highest BCUT2D eigenvalue weighted by Crippen LogP contribution is 2.11. The topological polar surface area (TPSA) is 0 Å². The Morgan fingerprint density at radius 3 is 1.29 bits per heavy atom. The van der Waals surface area contributed by atoms with Gasteiger partial charge in [-0.2, -0.15) is 0 Å². The molecule has 0 heterocycles. The van der Waals surface area contributed by atoms with Gasteiger partial charge in [-0.05, 0) is 12.8 Å². The van der Waals surface area contributed by atoms with Crippen LogP contribution in [0.4, 0.5) is 0 Å². The van der Waals surface area contributed by atoms with Crippen molar-refractivity contribution in [2.75, 3.05) is 27.7 Å². The summed E-state index contributed by atoms with van der Waals surface area (Å²) in [6.45, 7) is 1.33. The van der Waals surface area contributed by atoms with Crippen LogP contribution in [0.5, 0.6) is 0 Å². The zero-order valence-electron chi connectivity index (χ0n) is 12.9. The average Bonchev–Trinajstić information content (AvgIpc) is 2.24. The Bertz CT molecular complexity index is 151. The van der Waals surface area contributed by atoms with Crippen LogP contribution in [0.25, 0.3) is 0 Å². The van der Waals surface area contributed by atoms with Gasteiger partial charge in [-0.15, -0.1) is 0 Å². The van der Waals surface area contributed by atoms with E-state index in [-0.39, 0.29) is 0 Å². The van der Waals surface area contributed by atoms with Crippen molar-refractivity contribution in [3.05, 3.63) is 0 Å². The number of hydrogen-bond acceptors (Lipinski definition) is 0. The van der Waals surface area contributed by atoms with Crippen LogP contribution in [-0.4, -0.2) is 42.4 Å². The number of hydrogen-bond donors (Lipinski definition) is 0. The first-order valence-electron chi connectivity index (χ1n) is 7.86. The lowest BCUT2D eigenvalue weighted by Crippen LogP contribution is -2.35. The largest absolute Gasteiger partial charge is 0.331 e. The van der Waals surface area contributed by atoms with Gasteiger partial charge in [0, 0.05) is 10.2 Å². The Balaban J connectivity index is 2.99. The highest BCUT2D eigenvalue weighted by atomic mass is 28.1. The summed E-state index contributed by atoms with van der Waals surface area (Å²) in [5.74, 6) is 0. The molecule has 0 radical (unpaired) electrons. The molecule has 0 saturated carbocycles. The Morgan fingerprint density at radius 1 is 0.588 bits per heavy atom. The minimum atomic E-state index is 1.13. The third kappa shape index (κ3) is 16.2. The first-order valence-corrected chi connectivity index (χ1v) is 9.28. The van der Waals surface area contributed by atoms with E-state index in [2.05, 4.69) is 21.1 Å². The van der Waals surface area contributed by atoms with Crippen molar-refractivity contribution >= 4 is 10.2 Å². The lowest BCUT2D eigenvalue weighted by atomic mass is 10.1. The van der Waals surface area contributed by atoms with Crippen molar-refractivity contribution in [3.8, 4) is 0 Å². The lowest BCUT2D eigenvalue weighted by molar-refractivity contribution is -0.870. The van der Waals surface area contributed by atoms with E-state index in [9.17, 15) is 0 Å². The van der Waals surface area contributed by atoms with Crippen molar-refractivity contribution in [1.82, 2.24) is 0 Å². The van der Waals surface area contributed by atoms with E-state index in [0.29, 0.717) is 0 Å². The third-order valence-corrected chi connectivity index (χ3v) is 4.14. The van der Waals surface area contributed by atoms with E-state index >= 15 is 0 Å². The number of rotatable bonds is 12. The molecule has 0 aromatic heterocycles. The van der Waals surface area contributed by atoms with Crippen LogP contribution in [0.15, 0.2) is 0 Å². The molecule has 1 nitrogen and oxygen atoms in total. The molecule has 0 fully saturated rings. The summed E-state index contributed by atoms with van der Waals surface area (Å²) < 4.78 is 1.13. The van der Waals surface area contributed by atoms with Gasteiger partial charge in [0.1, 0.15) is 0 Å². The smallest absolute Gasteiger partial charge is 0.0780 e. The molecule has 2 heteroatoms. The molecule has 0 unspecified atom stereocenters. The van der Waals surface area contributed by atoms with E-state index in [1.54, 1.807) is 0 Å². The molecule has 0 bridgehead atoms. The monoisotopic (exact) mass is 258 g/mol. The van der Waals surface area contributed by atoms with E-state index in [1.165, 1.54) is 87.0 Å². The quantitative estimate of drug-likeness (QED) is 0.286. The molecule has 0 amide bonds. The summed E-state index contributed by atoms with van der Waals surface area (Å²) >= 11 is 0. The average molecular weight is 259 g/mol. The Hall–Kier alpha value is 0.177. The predicted molar refractivity (Wildman–Crippen MR) is 83.8 cm³/mol. The Kier molecular flexibility index (Phi) is 11.4. The van der Waals surface area contributed by atoms with E-state index < -0.39 is 0 Å². The highest BCUT2D eigenvalue weighted by Gasteiger charge is 2.04. The number of nitrogens with zero attached hydrogens (tertiary/aromatic N) is 1. The van der Waals surface area contributed by atoms with E-state index in [1.807, 2.05) is 0 Å². The zero-order chi connectivity index (χ0) is 13.0. The summed E-state index contributed by atoms with van der Waals surface area (Å²) in [7, 11) is 8.28. The first kappa shape index (κ1) is 17.2. The molecule has 0 aliphatic heterocycles. The fourth-order valence-corrected chi connectivity index (χ4v) is 2.75. The van der Waals surface area contributed by atoms with Gasteiger partial charge in [0.2, 0.25) is 0 Å². The van der Waals surface area contributed by atoms with Crippen molar-refractivity contribution in [1.29, 1.82) is 0 Å². The highest BCUT2D eigenvalue weighted by molar-refractivity contribution is 6.08. The molecule has 0 aliphatic rings. The van der Waals surface area contributed by atoms with Gasteiger partial charge >= 0.3 is 0 Å². The molecule has 0 spiro atoms. The van der Waals surface area contributed by atoms with Gasteiger partial charge < -0.3 is 4.48 Å². The first-order chi connectivity index (χ1) is 8.06. The van der Waals surface area contributed by atoms with Crippen molar-refractivity contribution in [2.45, 2.75) is 70.3 Å². The zero-order valence-corrected chi connectivity index (χ0v) is 14.9. The summed E-state index contributed by atoms with van der Waals surface area (Å²) in [4.78, 5) is 0. The molecule has 0 saturated heterocycles. The molecule has 0 aliphatic carbocycles. The van der Waals surface area contributed by atoms with Crippen LogP contribution < -0.4 is 0 Å². The van der Waals surface area contributed by atoms with Gasteiger partial charge in [-0.3, -0.25) is 0 Å². The Morgan fingerprint density at radius 2 is 0.941 bits per heavy atom. The molecule has 0 aromatic carbocycles. The second kappa shape index (κ2) is 11.3. The van der Waals surface area contributed by atoms with Crippen LogP contribution in [0.2, 0.25) is 6.04 Å². The van der Waals surface area contributed by atoms with Gasteiger partial charge in [-0.1, -0.05) is 57.4 Å². The molecule has 17 heavy (non-hydrogen) atoms. The maximum atomic E-state index is 2.29. The maximum absolute atomic E-state index is 2.29. The summed E-state index contributed by atoms with van der Waals surface area (Å²) in [5.41, 5.74) is 0.